The summed E-state index contributed by atoms with van der Waals surface area (Å²) in [6.45, 7) is 0.741. The van der Waals surface area contributed by atoms with Crippen LogP contribution < -0.4 is 5.73 Å². The van der Waals surface area contributed by atoms with Gasteiger partial charge in [0.15, 0.2) is 0 Å². The van der Waals surface area contributed by atoms with Crippen LogP contribution in [0, 0.1) is 0 Å². The van der Waals surface area contributed by atoms with E-state index in [9.17, 15) is 0 Å². The number of nitrogens with two attached hydrogens (primary N) is 1. The van der Waals surface area contributed by atoms with E-state index in [1.807, 2.05) is 25.2 Å². The standard InChI is InChI=1S/C11H18N2O/c1-13(14-2)9-11(12)8-10-6-4-3-5-7-10/h3-7,11H,8-9,12H2,1-2H3. The van der Waals surface area contributed by atoms with Gasteiger partial charge in [0.1, 0.15) is 0 Å². The summed E-state index contributed by atoms with van der Waals surface area (Å²) >= 11 is 0. The summed E-state index contributed by atoms with van der Waals surface area (Å²) in [5.41, 5.74) is 7.23. The van der Waals surface area contributed by atoms with Gasteiger partial charge in [0.2, 0.25) is 0 Å². The number of nitrogens with zero attached hydrogens (tertiary/aromatic N) is 1. The molecule has 0 saturated carbocycles. The van der Waals surface area contributed by atoms with Gasteiger partial charge in [0, 0.05) is 19.6 Å². The first-order valence-electron chi connectivity index (χ1n) is 4.77. The number of hydrogen-bond donors (Lipinski definition) is 1. The maximum atomic E-state index is 5.96. The normalized spacial score (nSPS) is 13.1. The molecule has 0 bridgehead atoms. The van der Waals surface area contributed by atoms with Crippen LogP contribution in [-0.2, 0) is 11.3 Å². The van der Waals surface area contributed by atoms with Gasteiger partial charge in [-0.2, -0.15) is 5.06 Å². The SMILES string of the molecule is CON(C)CC(N)Cc1ccccc1. The van der Waals surface area contributed by atoms with Gasteiger partial charge in [0.25, 0.3) is 0 Å². The maximum Gasteiger partial charge on any atom is 0.0575 e. The molecule has 0 saturated heterocycles. The lowest BCUT2D eigenvalue weighted by Gasteiger charge is -2.18. The molecule has 78 valence electrons. The molecule has 0 aliphatic carbocycles. The summed E-state index contributed by atoms with van der Waals surface area (Å²) in [5, 5.41) is 1.74. The summed E-state index contributed by atoms with van der Waals surface area (Å²) in [4.78, 5) is 5.01. The Hall–Kier alpha value is -0.900. The number of hydroxylamine groups is 2. The van der Waals surface area contributed by atoms with Gasteiger partial charge >= 0.3 is 0 Å². The second-order valence-electron chi connectivity index (χ2n) is 3.44. The lowest BCUT2D eigenvalue weighted by atomic mass is 10.1. The van der Waals surface area contributed by atoms with Crippen molar-refractivity contribution in [2.75, 3.05) is 20.7 Å². The Labute approximate surface area is 85.4 Å². The highest BCUT2D eigenvalue weighted by molar-refractivity contribution is 5.15. The number of likely N-dealkylation sites (N-methyl/N-ethyl adjacent to an activating group) is 1. The highest BCUT2D eigenvalue weighted by atomic mass is 16.7. The molecular formula is C11H18N2O. The minimum Gasteiger partial charge on any atom is -0.326 e. The first-order chi connectivity index (χ1) is 6.72. The molecule has 0 heterocycles. The molecule has 0 aromatic heterocycles. The van der Waals surface area contributed by atoms with Crippen molar-refractivity contribution < 1.29 is 4.84 Å². The molecular weight excluding hydrogens is 176 g/mol. The van der Waals surface area contributed by atoms with Crippen molar-refractivity contribution in [2.24, 2.45) is 5.73 Å². The molecule has 3 heteroatoms. The third kappa shape index (κ3) is 3.87. The van der Waals surface area contributed by atoms with Crippen LogP contribution >= 0.6 is 0 Å². The molecule has 0 radical (unpaired) electrons. The zero-order chi connectivity index (χ0) is 10.4. The van der Waals surface area contributed by atoms with E-state index in [-0.39, 0.29) is 6.04 Å². The Morgan fingerprint density at radius 1 is 1.36 bits per heavy atom. The van der Waals surface area contributed by atoms with Crippen molar-refractivity contribution in [3.63, 3.8) is 0 Å². The van der Waals surface area contributed by atoms with E-state index in [4.69, 9.17) is 10.6 Å². The molecule has 1 rings (SSSR count). The van der Waals surface area contributed by atoms with Crippen molar-refractivity contribution in [2.45, 2.75) is 12.5 Å². The fourth-order valence-electron chi connectivity index (χ4n) is 1.39. The Morgan fingerprint density at radius 2 is 2.00 bits per heavy atom. The van der Waals surface area contributed by atoms with Gasteiger partial charge in [-0.05, 0) is 12.0 Å². The van der Waals surface area contributed by atoms with Crippen molar-refractivity contribution in [3.05, 3.63) is 35.9 Å². The van der Waals surface area contributed by atoms with Crippen LogP contribution in [0.1, 0.15) is 5.56 Å². The average molecular weight is 194 g/mol. The molecule has 1 aromatic carbocycles. The van der Waals surface area contributed by atoms with E-state index in [0.717, 1.165) is 13.0 Å². The predicted molar refractivity (Wildman–Crippen MR) is 57.8 cm³/mol. The summed E-state index contributed by atoms with van der Waals surface area (Å²) in [5.74, 6) is 0. The van der Waals surface area contributed by atoms with E-state index in [1.165, 1.54) is 5.56 Å². The molecule has 14 heavy (non-hydrogen) atoms. The van der Waals surface area contributed by atoms with Crippen LogP contribution in [0.25, 0.3) is 0 Å². The Bertz CT molecular complexity index is 251. The van der Waals surface area contributed by atoms with Crippen molar-refractivity contribution in [1.29, 1.82) is 0 Å². The van der Waals surface area contributed by atoms with Gasteiger partial charge < -0.3 is 10.6 Å². The van der Waals surface area contributed by atoms with E-state index in [2.05, 4.69) is 12.1 Å². The monoisotopic (exact) mass is 194 g/mol. The molecule has 0 spiro atoms. The molecule has 0 fully saturated rings. The summed E-state index contributed by atoms with van der Waals surface area (Å²) < 4.78 is 0. The van der Waals surface area contributed by atoms with Crippen LogP contribution in [0.15, 0.2) is 30.3 Å². The summed E-state index contributed by atoms with van der Waals surface area (Å²) in [6, 6.07) is 10.4. The van der Waals surface area contributed by atoms with Gasteiger partial charge in [-0.25, -0.2) is 0 Å². The number of hydrogen-bond acceptors (Lipinski definition) is 3. The lowest BCUT2D eigenvalue weighted by Crippen LogP contribution is -2.36. The van der Waals surface area contributed by atoms with Crippen molar-refractivity contribution in [3.8, 4) is 0 Å². The Balaban J connectivity index is 2.37. The average Bonchev–Trinajstić information content (AvgIpc) is 2.19. The molecule has 1 unspecified atom stereocenters. The second-order valence-corrected chi connectivity index (χ2v) is 3.44. The molecule has 3 nitrogen and oxygen atoms in total. The molecule has 1 aromatic rings. The Kier molecular flexibility index (Phi) is 4.59. The topological polar surface area (TPSA) is 38.5 Å². The van der Waals surface area contributed by atoms with Gasteiger partial charge in [0.05, 0.1) is 7.11 Å². The second kappa shape index (κ2) is 5.75. The largest absolute Gasteiger partial charge is 0.326 e. The van der Waals surface area contributed by atoms with E-state index in [0.29, 0.717) is 0 Å². The first kappa shape index (κ1) is 11.2. The van der Waals surface area contributed by atoms with Crippen LogP contribution in [-0.4, -0.2) is 31.8 Å². The third-order valence-corrected chi connectivity index (χ3v) is 2.14. The zero-order valence-electron chi connectivity index (χ0n) is 8.81. The van der Waals surface area contributed by atoms with Crippen molar-refractivity contribution in [1.82, 2.24) is 5.06 Å². The van der Waals surface area contributed by atoms with Crippen LogP contribution in [0.5, 0.6) is 0 Å². The molecule has 0 aliphatic rings. The highest BCUT2D eigenvalue weighted by Gasteiger charge is 2.06. The van der Waals surface area contributed by atoms with E-state index in [1.54, 1.807) is 12.2 Å². The number of benzene rings is 1. The van der Waals surface area contributed by atoms with E-state index < -0.39 is 0 Å². The zero-order valence-corrected chi connectivity index (χ0v) is 8.81. The quantitative estimate of drug-likeness (QED) is 0.712. The predicted octanol–water partition coefficient (Wildman–Crippen LogP) is 1.05. The minimum absolute atomic E-state index is 0.113. The molecule has 0 aliphatic heterocycles. The van der Waals surface area contributed by atoms with Crippen LogP contribution in [0.2, 0.25) is 0 Å². The maximum absolute atomic E-state index is 5.96. The van der Waals surface area contributed by atoms with Gasteiger partial charge in [-0.3, -0.25) is 0 Å². The fraction of sp³-hybridized carbons (Fsp3) is 0.455. The van der Waals surface area contributed by atoms with Gasteiger partial charge in [-0.1, -0.05) is 30.3 Å². The molecule has 0 amide bonds. The summed E-state index contributed by atoms with van der Waals surface area (Å²) in [7, 11) is 3.53. The third-order valence-electron chi connectivity index (χ3n) is 2.14. The Morgan fingerprint density at radius 3 is 2.57 bits per heavy atom. The van der Waals surface area contributed by atoms with Crippen molar-refractivity contribution >= 4 is 0 Å². The number of rotatable bonds is 5. The molecule has 2 N–H and O–H groups in total. The van der Waals surface area contributed by atoms with Crippen LogP contribution in [0.4, 0.5) is 0 Å². The van der Waals surface area contributed by atoms with Crippen LogP contribution in [0.3, 0.4) is 0 Å². The first-order valence-corrected chi connectivity index (χ1v) is 4.77. The molecule has 1 atom stereocenters. The lowest BCUT2D eigenvalue weighted by molar-refractivity contribution is -0.111. The highest BCUT2D eigenvalue weighted by Crippen LogP contribution is 2.02. The summed E-state index contributed by atoms with van der Waals surface area (Å²) in [6.07, 6.45) is 0.883. The minimum atomic E-state index is 0.113. The van der Waals surface area contributed by atoms with E-state index >= 15 is 0 Å². The van der Waals surface area contributed by atoms with Gasteiger partial charge in [-0.15, -0.1) is 0 Å². The smallest absolute Gasteiger partial charge is 0.0575 e. The fourth-order valence-corrected chi connectivity index (χ4v) is 1.39.